The molecule has 2 atom stereocenters. The van der Waals surface area contributed by atoms with Gasteiger partial charge in [0.25, 0.3) is 5.91 Å². The van der Waals surface area contributed by atoms with Crippen LogP contribution >= 0.6 is 27.5 Å². The normalized spacial score (nSPS) is 17.8. The summed E-state index contributed by atoms with van der Waals surface area (Å²) in [6.07, 6.45) is -4.87. The van der Waals surface area contributed by atoms with E-state index in [-0.39, 0.29) is 23.0 Å². The molecule has 0 aliphatic carbocycles. The zero-order valence-electron chi connectivity index (χ0n) is 17.4. The largest absolute Gasteiger partial charge is 0.410 e. The number of hydrogen-bond acceptors (Lipinski definition) is 3. The van der Waals surface area contributed by atoms with Crippen LogP contribution in [0, 0.1) is 0 Å². The van der Waals surface area contributed by atoms with Gasteiger partial charge >= 0.3 is 6.18 Å². The van der Waals surface area contributed by atoms with E-state index in [4.69, 9.17) is 11.6 Å². The summed E-state index contributed by atoms with van der Waals surface area (Å²) in [7, 11) is 0. The number of fused-ring (bicyclic) bond motifs is 2. The van der Waals surface area contributed by atoms with E-state index in [2.05, 4.69) is 31.7 Å². The first-order valence-electron chi connectivity index (χ1n) is 10.4. The SMILES string of the molecule is O=C(Nc1cccc2ccccc12)c1nn2c(c1Cl)NC(c1ccc(Br)cc1)CC2C(F)(F)F. The quantitative estimate of drug-likeness (QED) is 0.281. The fourth-order valence-electron chi connectivity index (χ4n) is 4.16. The monoisotopic (exact) mass is 548 g/mol. The van der Waals surface area contributed by atoms with Crippen molar-refractivity contribution in [2.45, 2.75) is 24.7 Å². The van der Waals surface area contributed by atoms with Crippen molar-refractivity contribution < 1.29 is 18.0 Å². The molecule has 1 amide bonds. The summed E-state index contributed by atoms with van der Waals surface area (Å²) in [5, 5.41) is 11.3. The molecule has 10 heteroatoms. The number of carbonyl (C=O) groups is 1. The van der Waals surface area contributed by atoms with Crippen LogP contribution in [0.4, 0.5) is 24.7 Å². The van der Waals surface area contributed by atoms with E-state index in [1.54, 1.807) is 36.4 Å². The Morgan fingerprint density at radius 3 is 2.53 bits per heavy atom. The standard InChI is InChI=1S/C24H17BrClF3N4O/c25-15-10-8-14(9-11-15)18-12-19(24(27,28)29)33-22(30-18)20(26)21(32-33)23(34)31-17-7-3-5-13-4-1-2-6-16(13)17/h1-11,18-19,30H,12H2,(H,31,34). The van der Waals surface area contributed by atoms with Crippen molar-refractivity contribution in [1.82, 2.24) is 9.78 Å². The first kappa shape index (κ1) is 22.7. The molecule has 1 aliphatic heterocycles. The van der Waals surface area contributed by atoms with Crippen LogP contribution < -0.4 is 10.6 Å². The van der Waals surface area contributed by atoms with Crippen LogP contribution in [0.15, 0.2) is 71.2 Å². The maximum atomic E-state index is 14.0. The van der Waals surface area contributed by atoms with Crippen molar-refractivity contribution in [1.29, 1.82) is 0 Å². The van der Waals surface area contributed by atoms with Crippen LogP contribution in [0.5, 0.6) is 0 Å². The van der Waals surface area contributed by atoms with E-state index in [1.807, 2.05) is 30.3 Å². The Kier molecular flexibility index (Phi) is 5.77. The number of nitrogens with zero attached hydrogens (tertiary/aromatic N) is 2. The minimum atomic E-state index is -4.58. The van der Waals surface area contributed by atoms with Crippen LogP contribution in [0.1, 0.15) is 34.6 Å². The fourth-order valence-corrected chi connectivity index (χ4v) is 4.69. The molecule has 34 heavy (non-hydrogen) atoms. The van der Waals surface area contributed by atoms with Gasteiger partial charge in [-0.3, -0.25) is 4.79 Å². The Morgan fingerprint density at radius 2 is 1.79 bits per heavy atom. The molecule has 174 valence electrons. The number of amides is 1. The number of nitrogens with one attached hydrogen (secondary N) is 2. The maximum Gasteiger partial charge on any atom is 0.410 e. The number of aromatic nitrogens is 2. The summed E-state index contributed by atoms with van der Waals surface area (Å²) in [5.41, 5.74) is 0.906. The van der Waals surface area contributed by atoms with Gasteiger partial charge in [0.15, 0.2) is 11.7 Å². The Labute approximate surface area is 206 Å². The number of benzene rings is 3. The summed E-state index contributed by atoms with van der Waals surface area (Å²) in [4.78, 5) is 13.1. The zero-order valence-corrected chi connectivity index (χ0v) is 19.7. The first-order chi connectivity index (χ1) is 16.2. The third-order valence-electron chi connectivity index (χ3n) is 5.82. The van der Waals surface area contributed by atoms with Crippen molar-refractivity contribution in [3.05, 3.63) is 87.5 Å². The van der Waals surface area contributed by atoms with Crippen molar-refractivity contribution in [3.8, 4) is 0 Å². The van der Waals surface area contributed by atoms with Crippen molar-refractivity contribution in [2.24, 2.45) is 0 Å². The van der Waals surface area contributed by atoms with Gasteiger partial charge in [-0.25, -0.2) is 4.68 Å². The van der Waals surface area contributed by atoms with Gasteiger partial charge in [-0.1, -0.05) is 76.1 Å². The Hall–Kier alpha value is -3.04. The van der Waals surface area contributed by atoms with Gasteiger partial charge < -0.3 is 10.6 Å². The van der Waals surface area contributed by atoms with E-state index < -0.39 is 24.2 Å². The average Bonchev–Trinajstić information content (AvgIpc) is 3.15. The predicted octanol–water partition coefficient (Wildman–Crippen LogP) is 7.36. The van der Waals surface area contributed by atoms with E-state index in [1.165, 1.54) is 0 Å². The summed E-state index contributed by atoms with van der Waals surface area (Å²) >= 11 is 9.77. The zero-order chi connectivity index (χ0) is 24.0. The first-order valence-corrected chi connectivity index (χ1v) is 11.6. The van der Waals surface area contributed by atoms with Crippen LogP contribution in [0.2, 0.25) is 5.02 Å². The summed E-state index contributed by atoms with van der Waals surface area (Å²) < 4.78 is 43.6. The second-order valence-electron chi connectivity index (χ2n) is 7.98. The van der Waals surface area contributed by atoms with Crippen LogP contribution in [0.25, 0.3) is 10.8 Å². The molecular formula is C24H17BrClF3N4O. The molecular weight excluding hydrogens is 533 g/mol. The van der Waals surface area contributed by atoms with Gasteiger partial charge in [-0.2, -0.15) is 18.3 Å². The molecule has 5 rings (SSSR count). The Morgan fingerprint density at radius 1 is 1.09 bits per heavy atom. The minimum absolute atomic E-state index is 0.0359. The molecule has 0 spiro atoms. The Balaban J connectivity index is 1.51. The third kappa shape index (κ3) is 4.14. The number of alkyl halides is 3. The minimum Gasteiger partial charge on any atom is -0.362 e. The molecule has 0 fully saturated rings. The number of carbonyl (C=O) groups excluding carboxylic acids is 1. The lowest BCUT2D eigenvalue weighted by Gasteiger charge is -2.33. The summed E-state index contributed by atoms with van der Waals surface area (Å²) in [5.74, 6) is -0.725. The highest BCUT2D eigenvalue weighted by Gasteiger charge is 2.47. The summed E-state index contributed by atoms with van der Waals surface area (Å²) in [6, 6.07) is 17.2. The second kappa shape index (κ2) is 8.63. The van der Waals surface area contributed by atoms with E-state index in [9.17, 15) is 18.0 Å². The highest BCUT2D eigenvalue weighted by molar-refractivity contribution is 9.10. The third-order valence-corrected chi connectivity index (χ3v) is 6.71. The molecule has 0 saturated carbocycles. The number of halogens is 5. The molecule has 5 nitrogen and oxygen atoms in total. The van der Waals surface area contributed by atoms with Gasteiger partial charge in [0.1, 0.15) is 10.8 Å². The van der Waals surface area contributed by atoms with Crippen LogP contribution in [0.3, 0.4) is 0 Å². The van der Waals surface area contributed by atoms with Crippen molar-refractivity contribution in [3.63, 3.8) is 0 Å². The van der Waals surface area contributed by atoms with Crippen molar-refractivity contribution >= 4 is 55.7 Å². The van der Waals surface area contributed by atoms with Crippen LogP contribution in [-0.4, -0.2) is 21.9 Å². The lowest BCUT2D eigenvalue weighted by atomic mass is 9.97. The molecule has 0 saturated heterocycles. The molecule has 1 aromatic heterocycles. The molecule has 1 aliphatic rings. The molecule has 4 aromatic rings. The molecule has 0 bridgehead atoms. The predicted molar refractivity (Wildman–Crippen MR) is 129 cm³/mol. The molecule has 2 unspecified atom stereocenters. The van der Waals surface area contributed by atoms with Gasteiger partial charge in [0, 0.05) is 22.0 Å². The van der Waals surface area contributed by atoms with Crippen molar-refractivity contribution in [2.75, 3.05) is 10.6 Å². The highest BCUT2D eigenvalue weighted by atomic mass is 79.9. The lowest BCUT2D eigenvalue weighted by Crippen LogP contribution is -2.35. The molecule has 0 radical (unpaired) electrons. The molecule has 2 N–H and O–H groups in total. The van der Waals surface area contributed by atoms with Gasteiger partial charge in [0.2, 0.25) is 0 Å². The van der Waals surface area contributed by atoms with Gasteiger partial charge in [0.05, 0.1) is 6.04 Å². The fraction of sp³-hybridized carbons (Fsp3) is 0.167. The smallest absolute Gasteiger partial charge is 0.362 e. The van der Waals surface area contributed by atoms with Gasteiger partial charge in [-0.15, -0.1) is 0 Å². The number of rotatable bonds is 3. The van der Waals surface area contributed by atoms with E-state index in [0.717, 1.165) is 19.9 Å². The second-order valence-corrected chi connectivity index (χ2v) is 9.27. The van der Waals surface area contributed by atoms with Crippen LogP contribution in [-0.2, 0) is 0 Å². The maximum absolute atomic E-state index is 14.0. The van der Waals surface area contributed by atoms with Gasteiger partial charge in [-0.05, 0) is 29.1 Å². The number of hydrogen-bond donors (Lipinski definition) is 2. The lowest BCUT2D eigenvalue weighted by molar-refractivity contribution is -0.173. The topological polar surface area (TPSA) is 59.0 Å². The highest BCUT2D eigenvalue weighted by Crippen LogP contribution is 2.46. The van der Waals surface area contributed by atoms with E-state index >= 15 is 0 Å². The van der Waals surface area contributed by atoms with E-state index in [0.29, 0.717) is 11.3 Å². The molecule has 3 aromatic carbocycles. The molecule has 2 heterocycles. The number of anilines is 2. The summed E-state index contributed by atoms with van der Waals surface area (Å²) in [6.45, 7) is 0. The average molecular weight is 550 g/mol. The Bertz CT molecular complexity index is 1380.